The second kappa shape index (κ2) is 5.25. The SMILES string of the molecule is CCn1cc(N)cc1C(=O)NCCC(C)(C)C. The van der Waals surface area contributed by atoms with Crippen LogP contribution in [0.1, 0.15) is 44.6 Å². The smallest absolute Gasteiger partial charge is 0.267 e. The summed E-state index contributed by atoms with van der Waals surface area (Å²) in [6.45, 7) is 9.91. The highest BCUT2D eigenvalue weighted by atomic mass is 16.1. The summed E-state index contributed by atoms with van der Waals surface area (Å²) in [6.07, 6.45) is 2.75. The van der Waals surface area contributed by atoms with E-state index in [0.29, 0.717) is 17.9 Å². The monoisotopic (exact) mass is 237 g/mol. The van der Waals surface area contributed by atoms with Gasteiger partial charge in [0.05, 0.1) is 5.69 Å². The van der Waals surface area contributed by atoms with Crippen molar-refractivity contribution >= 4 is 11.6 Å². The number of nitrogens with one attached hydrogen (secondary N) is 1. The van der Waals surface area contributed by atoms with E-state index in [0.717, 1.165) is 13.0 Å². The molecule has 1 amide bonds. The zero-order valence-electron chi connectivity index (χ0n) is 11.2. The van der Waals surface area contributed by atoms with Crippen LogP contribution in [0.5, 0.6) is 0 Å². The molecule has 0 radical (unpaired) electrons. The van der Waals surface area contributed by atoms with Crippen LogP contribution < -0.4 is 11.1 Å². The number of hydrogen-bond donors (Lipinski definition) is 2. The summed E-state index contributed by atoms with van der Waals surface area (Å²) in [5.74, 6) is -0.0483. The van der Waals surface area contributed by atoms with Crippen molar-refractivity contribution in [3.05, 3.63) is 18.0 Å². The summed E-state index contributed by atoms with van der Waals surface area (Å²) in [4.78, 5) is 11.9. The van der Waals surface area contributed by atoms with Crippen molar-refractivity contribution in [2.24, 2.45) is 5.41 Å². The fourth-order valence-electron chi connectivity index (χ4n) is 1.63. The minimum atomic E-state index is -0.0483. The summed E-state index contributed by atoms with van der Waals surface area (Å²) in [5, 5.41) is 2.93. The van der Waals surface area contributed by atoms with E-state index in [4.69, 9.17) is 5.73 Å². The maximum Gasteiger partial charge on any atom is 0.267 e. The number of rotatable bonds is 4. The molecule has 1 rings (SSSR count). The van der Waals surface area contributed by atoms with Crippen molar-refractivity contribution in [2.75, 3.05) is 12.3 Å². The van der Waals surface area contributed by atoms with Gasteiger partial charge in [0.1, 0.15) is 5.69 Å². The molecule has 1 aromatic heterocycles. The van der Waals surface area contributed by atoms with Crippen molar-refractivity contribution < 1.29 is 4.79 Å². The lowest BCUT2D eigenvalue weighted by atomic mass is 9.92. The zero-order chi connectivity index (χ0) is 13.1. The van der Waals surface area contributed by atoms with Crippen molar-refractivity contribution in [1.82, 2.24) is 9.88 Å². The average molecular weight is 237 g/mol. The second-order valence-corrected chi connectivity index (χ2v) is 5.51. The Kier molecular flexibility index (Phi) is 4.21. The maximum absolute atomic E-state index is 11.9. The topological polar surface area (TPSA) is 60.0 Å². The molecule has 0 saturated heterocycles. The number of nitrogens with two attached hydrogens (primary N) is 1. The van der Waals surface area contributed by atoms with E-state index in [2.05, 4.69) is 26.1 Å². The molecule has 0 atom stereocenters. The predicted molar refractivity (Wildman–Crippen MR) is 70.9 cm³/mol. The van der Waals surface area contributed by atoms with Gasteiger partial charge in [-0.15, -0.1) is 0 Å². The first-order valence-corrected chi connectivity index (χ1v) is 6.07. The molecular formula is C13H23N3O. The summed E-state index contributed by atoms with van der Waals surface area (Å²) in [7, 11) is 0. The van der Waals surface area contributed by atoms with E-state index in [1.807, 2.05) is 11.5 Å². The van der Waals surface area contributed by atoms with Gasteiger partial charge in [-0.05, 0) is 24.8 Å². The fraction of sp³-hybridized carbons (Fsp3) is 0.615. The Morgan fingerprint density at radius 2 is 2.12 bits per heavy atom. The number of hydrogen-bond acceptors (Lipinski definition) is 2. The Balaban J connectivity index is 2.58. The van der Waals surface area contributed by atoms with E-state index in [-0.39, 0.29) is 11.3 Å². The van der Waals surface area contributed by atoms with E-state index in [1.54, 1.807) is 12.3 Å². The first kappa shape index (κ1) is 13.6. The molecule has 1 aromatic rings. The number of nitrogen functional groups attached to an aromatic ring is 1. The average Bonchev–Trinajstić information content (AvgIpc) is 2.57. The molecule has 4 nitrogen and oxygen atoms in total. The summed E-state index contributed by atoms with van der Waals surface area (Å²) in [5.41, 5.74) is 7.20. The second-order valence-electron chi connectivity index (χ2n) is 5.51. The molecule has 3 N–H and O–H groups in total. The van der Waals surface area contributed by atoms with Crippen molar-refractivity contribution in [3.63, 3.8) is 0 Å². The molecule has 17 heavy (non-hydrogen) atoms. The van der Waals surface area contributed by atoms with Gasteiger partial charge in [0.15, 0.2) is 0 Å². The van der Waals surface area contributed by atoms with Gasteiger partial charge in [-0.3, -0.25) is 4.79 Å². The van der Waals surface area contributed by atoms with Gasteiger partial charge in [0.25, 0.3) is 5.91 Å². The van der Waals surface area contributed by atoms with Crippen molar-refractivity contribution in [2.45, 2.75) is 40.7 Å². The Hall–Kier alpha value is -1.45. The third-order valence-electron chi connectivity index (χ3n) is 2.65. The van der Waals surface area contributed by atoms with Crippen LogP contribution in [0.2, 0.25) is 0 Å². The lowest BCUT2D eigenvalue weighted by molar-refractivity contribution is 0.0940. The molecular weight excluding hydrogens is 214 g/mol. The minimum absolute atomic E-state index is 0.0483. The van der Waals surface area contributed by atoms with E-state index < -0.39 is 0 Å². The van der Waals surface area contributed by atoms with Gasteiger partial charge in [-0.1, -0.05) is 20.8 Å². The Labute approximate surface area is 103 Å². The van der Waals surface area contributed by atoms with Gasteiger partial charge >= 0.3 is 0 Å². The first-order chi connectivity index (χ1) is 7.83. The molecule has 0 fully saturated rings. The highest BCUT2D eigenvalue weighted by Crippen LogP contribution is 2.17. The van der Waals surface area contributed by atoms with Crippen molar-refractivity contribution in [1.29, 1.82) is 0 Å². The molecule has 0 spiro atoms. The van der Waals surface area contributed by atoms with Crippen LogP contribution in [0, 0.1) is 5.41 Å². The van der Waals surface area contributed by atoms with Crippen LogP contribution in [-0.4, -0.2) is 17.0 Å². The molecule has 0 bridgehead atoms. The molecule has 0 saturated carbocycles. The molecule has 0 aromatic carbocycles. The fourth-order valence-corrected chi connectivity index (χ4v) is 1.63. The largest absolute Gasteiger partial charge is 0.397 e. The van der Waals surface area contributed by atoms with Crippen LogP contribution >= 0.6 is 0 Å². The zero-order valence-corrected chi connectivity index (χ0v) is 11.2. The van der Waals surface area contributed by atoms with Gasteiger partial charge < -0.3 is 15.6 Å². The van der Waals surface area contributed by atoms with E-state index in [9.17, 15) is 4.79 Å². The Morgan fingerprint density at radius 1 is 1.47 bits per heavy atom. The normalized spacial score (nSPS) is 11.5. The minimum Gasteiger partial charge on any atom is -0.397 e. The summed E-state index contributed by atoms with van der Waals surface area (Å²) >= 11 is 0. The van der Waals surface area contributed by atoms with Gasteiger partial charge in [-0.2, -0.15) is 0 Å². The molecule has 1 heterocycles. The number of carbonyl (C=O) groups excluding carboxylic acids is 1. The highest BCUT2D eigenvalue weighted by Gasteiger charge is 2.14. The third-order valence-corrected chi connectivity index (χ3v) is 2.65. The molecule has 0 aliphatic rings. The number of anilines is 1. The lowest BCUT2D eigenvalue weighted by Crippen LogP contribution is -2.28. The number of nitrogens with zero attached hydrogens (tertiary/aromatic N) is 1. The molecule has 96 valence electrons. The molecule has 4 heteroatoms. The van der Waals surface area contributed by atoms with Gasteiger partial charge in [0, 0.05) is 19.3 Å². The van der Waals surface area contributed by atoms with Crippen LogP contribution in [0.3, 0.4) is 0 Å². The first-order valence-electron chi connectivity index (χ1n) is 6.07. The van der Waals surface area contributed by atoms with E-state index in [1.165, 1.54) is 0 Å². The molecule has 0 unspecified atom stereocenters. The Bertz CT molecular complexity index is 388. The predicted octanol–water partition coefficient (Wildman–Crippen LogP) is 2.26. The number of aryl methyl sites for hydroxylation is 1. The molecule has 0 aliphatic heterocycles. The third kappa shape index (κ3) is 4.13. The number of carbonyl (C=O) groups is 1. The summed E-state index contributed by atoms with van der Waals surface area (Å²) < 4.78 is 1.86. The van der Waals surface area contributed by atoms with Crippen LogP contribution in [-0.2, 0) is 6.54 Å². The van der Waals surface area contributed by atoms with Crippen LogP contribution in [0.25, 0.3) is 0 Å². The standard InChI is InChI=1S/C13H23N3O/c1-5-16-9-10(14)8-11(16)12(17)15-7-6-13(2,3)4/h8-9H,5-7,14H2,1-4H3,(H,15,17). The van der Waals surface area contributed by atoms with Gasteiger partial charge in [-0.25, -0.2) is 0 Å². The summed E-state index contributed by atoms with van der Waals surface area (Å²) in [6, 6.07) is 1.72. The van der Waals surface area contributed by atoms with Crippen molar-refractivity contribution in [3.8, 4) is 0 Å². The van der Waals surface area contributed by atoms with Gasteiger partial charge in [0.2, 0.25) is 0 Å². The quantitative estimate of drug-likeness (QED) is 0.843. The van der Waals surface area contributed by atoms with Crippen LogP contribution in [0.4, 0.5) is 5.69 Å². The maximum atomic E-state index is 11.9. The van der Waals surface area contributed by atoms with Crippen LogP contribution in [0.15, 0.2) is 12.3 Å². The lowest BCUT2D eigenvalue weighted by Gasteiger charge is -2.18. The molecule has 0 aliphatic carbocycles. The number of aromatic nitrogens is 1. The number of amides is 1. The highest BCUT2D eigenvalue weighted by molar-refractivity contribution is 5.93. The van der Waals surface area contributed by atoms with E-state index >= 15 is 0 Å². The Morgan fingerprint density at radius 3 is 2.65 bits per heavy atom.